The lowest BCUT2D eigenvalue weighted by atomic mass is 10.1. The summed E-state index contributed by atoms with van der Waals surface area (Å²) in [5.41, 5.74) is 2.75. The summed E-state index contributed by atoms with van der Waals surface area (Å²) in [7, 11) is 0. The molecule has 1 aliphatic rings. The van der Waals surface area contributed by atoms with Crippen molar-refractivity contribution in [3.63, 3.8) is 0 Å². The molecule has 0 aliphatic carbocycles. The molecule has 2 aromatic rings. The van der Waals surface area contributed by atoms with Gasteiger partial charge in [-0.25, -0.2) is 4.68 Å². The Kier molecular flexibility index (Phi) is 5.36. The van der Waals surface area contributed by atoms with Crippen LogP contribution in [0.5, 0.6) is 0 Å². The number of benzene rings is 1. The number of aromatic nitrogens is 2. The summed E-state index contributed by atoms with van der Waals surface area (Å²) in [5, 5.41) is 6.89. The first kappa shape index (κ1) is 19.2. The topological polar surface area (TPSA) is 84.3 Å². The Morgan fingerprint density at radius 3 is 2.67 bits per heavy atom. The van der Waals surface area contributed by atoms with E-state index < -0.39 is 5.56 Å². The number of fused-ring (bicyclic) bond motifs is 1. The van der Waals surface area contributed by atoms with Gasteiger partial charge < -0.3 is 10.2 Å². The lowest BCUT2D eigenvalue weighted by molar-refractivity contribution is -0.117. The van der Waals surface area contributed by atoms with Crippen LogP contribution in [0.15, 0.2) is 34.1 Å². The van der Waals surface area contributed by atoms with Crippen molar-refractivity contribution in [1.82, 2.24) is 9.78 Å². The number of carbonyl (C=O) groups excluding carboxylic acids is 2. The van der Waals surface area contributed by atoms with E-state index in [9.17, 15) is 14.4 Å². The number of thioether (sulfide) groups is 1. The summed E-state index contributed by atoms with van der Waals surface area (Å²) < 4.78 is 1.10. The second kappa shape index (κ2) is 7.56. The van der Waals surface area contributed by atoms with Crippen LogP contribution in [0.2, 0.25) is 0 Å². The van der Waals surface area contributed by atoms with E-state index in [-0.39, 0.29) is 30.2 Å². The van der Waals surface area contributed by atoms with Gasteiger partial charge in [-0.15, -0.1) is 11.8 Å². The van der Waals surface area contributed by atoms with Gasteiger partial charge in [0.1, 0.15) is 12.2 Å². The Bertz CT molecular complexity index is 968. The second-order valence-corrected chi connectivity index (χ2v) is 7.83. The minimum atomic E-state index is -0.433. The molecule has 1 aromatic heterocycles. The van der Waals surface area contributed by atoms with Gasteiger partial charge >= 0.3 is 0 Å². The van der Waals surface area contributed by atoms with E-state index in [4.69, 9.17) is 0 Å². The molecule has 1 N–H and O–H groups in total. The molecule has 0 unspecified atom stereocenters. The van der Waals surface area contributed by atoms with Crippen molar-refractivity contribution in [1.29, 1.82) is 0 Å². The summed E-state index contributed by atoms with van der Waals surface area (Å²) >= 11 is 1.30. The average Bonchev–Trinajstić information content (AvgIpc) is 2.60. The van der Waals surface area contributed by atoms with Crippen molar-refractivity contribution < 1.29 is 9.59 Å². The molecule has 0 saturated heterocycles. The number of hydrogen-bond acceptors (Lipinski definition) is 5. The summed E-state index contributed by atoms with van der Waals surface area (Å²) in [5.74, 6) is -0.181. The highest BCUT2D eigenvalue weighted by molar-refractivity contribution is 8.00. The van der Waals surface area contributed by atoms with Crippen molar-refractivity contribution >= 4 is 35.0 Å². The first-order valence-corrected chi connectivity index (χ1v) is 9.68. The quantitative estimate of drug-likeness (QED) is 0.872. The Hall–Kier alpha value is -2.61. The maximum absolute atomic E-state index is 12.9. The third kappa shape index (κ3) is 3.90. The van der Waals surface area contributed by atoms with Crippen molar-refractivity contribution in [3.8, 4) is 0 Å². The molecule has 7 nitrogen and oxygen atoms in total. The predicted molar refractivity (Wildman–Crippen MR) is 106 cm³/mol. The molecule has 3 rings (SSSR count). The van der Waals surface area contributed by atoms with Crippen LogP contribution in [-0.4, -0.2) is 33.4 Å². The number of anilines is 2. The van der Waals surface area contributed by atoms with E-state index in [1.165, 1.54) is 16.7 Å². The van der Waals surface area contributed by atoms with Crippen LogP contribution in [0.4, 0.5) is 11.4 Å². The fourth-order valence-corrected chi connectivity index (χ4v) is 3.80. The lowest BCUT2D eigenvalue weighted by Gasteiger charge is -2.31. The SMILES string of the molecule is Cc1ccc(NC(=O)Cn2ncc3c(c2=O)N(C(C)C)C(=O)CS3)cc1C. The van der Waals surface area contributed by atoms with Crippen molar-refractivity contribution in [2.24, 2.45) is 0 Å². The lowest BCUT2D eigenvalue weighted by Crippen LogP contribution is -2.45. The highest BCUT2D eigenvalue weighted by Crippen LogP contribution is 2.32. The summed E-state index contributed by atoms with van der Waals surface area (Å²) in [6.45, 7) is 7.46. The summed E-state index contributed by atoms with van der Waals surface area (Å²) in [6.07, 6.45) is 1.55. The van der Waals surface area contributed by atoms with Crippen LogP contribution in [0.25, 0.3) is 0 Å². The third-order valence-corrected chi connectivity index (χ3v) is 5.45. The van der Waals surface area contributed by atoms with E-state index in [2.05, 4.69) is 10.4 Å². The second-order valence-electron chi connectivity index (χ2n) is 6.81. The summed E-state index contributed by atoms with van der Waals surface area (Å²) in [4.78, 5) is 39.7. The third-order valence-electron chi connectivity index (χ3n) is 4.45. The van der Waals surface area contributed by atoms with Gasteiger partial charge in [0, 0.05) is 11.7 Å². The Morgan fingerprint density at radius 1 is 1.26 bits per heavy atom. The molecule has 0 bridgehead atoms. The van der Waals surface area contributed by atoms with Crippen molar-refractivity contribution in [3.05, 3.63) is 45.9 Å². The maximum Gasteiger partial charge on any atom is 0.292 e. The van der Waals surface area contributed by atoms with Gasteiger partial charge in [-0.05, 0) is 51.0 Å². The van der Waals surface area contributed by atoms with Crippen LogP contribution in [0.1, 0.15) is 25.0 Å². The molecule has 0 radical (unpaired) electrons. The van der Waals surface area contributed by atoms with Gasteiger partial charge in [-0.1, -0.05) is 6.07 Å². The number of rotatable bonds is 4. The number of carbonyl (C=O) groups is 2. The molecule has 8 heteroatoms. The van der Waals surface area contributed by atoms with Crippen LogP contribution in [0, 0.1) is 13.8 Å². The largest absolute Gasteiger partial charge is 0.324 e. The monoisotopic (exact) mass is 386 g/mol. The van der Waals surface area contributed by atoms with Gasteiger partial charge in [0.15, 0.2) is 0 Å². The predicted octanol–water partition coefficient (Wildman–Crippen LogP) is 2.35. The zero-order valence-corrected chi connectivity index (χ0v) is 16.6. The molecule has 0 saturated carbocycles. The molecule has 27 heavy (non-hydrogen) atoms. The molecule has 0 spiro atoms. The minimum Gasteiger partial charge on any atom is -0.324 e. The number of hydrogen-bond donors (Lipinski definition) is 1. The fourth-order valence-electron chi connectivity index (χ4n) is 2.94. The zero-order valence-electron chi connectivity index (χ0n) is 15.8. The van der Waals surface area contributed by atoms with Crippen LogP contribution >= 0.6 is 11.8 Å². The van der Waals surface area contributed by atoms with Crippen LogP contribution in [0.3, 0.4) is 0 Å². The first-order chi connectivity index (χ1) is 12.8. The van der Waals surface area contributed by atoms with E-state index in [1.807, 2.05) is 45.9 Å². The zero-order chi connectivity index (χ0) is 19.7. The van der Waals surface area contributed by atoms with Gasteiger partial charge in [-0.2, -0.15) is 5.10 Å². The minimum absolute atomic E-state index is 0.114. The Morgan fingerprint density at radius 2 is 2.00 bits per heavy atom. The average molecular weight is 386 g/mol. The van der Waals surface area contributed by atoms with Crippen molar-refractivity contribution in [2.75, 3.05) is 16.0 Å². The van der Waals surface area contributed by atoms with Crippen LogP contribution in [-0.2, 0) is 16.1 Å². The molecular weight excluding hydrogens is 364 g/mol. The maximum atomic E-state index is 12.9. The first-order valence-electron chi connectivity index (χ1n) is 8.70. The van der Waals surface area contributed by atoms with Gasteiger partial charge in [0.25, 0.3) is 5.56 Å². The Labute approximate surface area is 161 Å². The highest BCUT2D eigenvalue weighted by atomic mass is 32.2. The van der Waals surface area contributed by atoms with Gasteiger partial charge in [0.2, 0.25) is 11.8 Å². The number of nitrogens with one attached hydrogen (secondary N) is 1. The summed E-state index contributed by atoms with van der Waals surface area (Å²) in [6, 6.07) is 5.48. The van der Waals surface area contributed by atoms with Gasteiger partial charge in [-0.3, -0.25) is 14.4 Å². The Balaban J connectivity index is 1.85. The molecule has 1 aliphatic heterocycles. The standard InChI is InChI=1S/C19H22N4O3S/c1-11(2)23-17(25)10-27-15-8-20-22(19(26)18(15)23)9-16(24)21-14-6-5-12(3)13(4)7-14/h5-8,11H,9-10H2,1-4H3,(H,21,24). The highest BCUT2D eigenvalue weighted by Gasteiger charge is 2.30. The molecule has 0 atom stereocenters. The number of nitrogens with zero attached hydrogens (tertiary/aromatic N) is 3. The normalized spacial score (nSPS) is 13.7. The molecular formula is C19H22N4O3S. The molecule has 0 fully saturated rings. The molecule has 2 heterocycles. The van der Waals surface area contributed by atoms with E-state index >= 15 is 0 Å². The van der Waals surface area contributed by atoms with Gasteiger partial charge in [0.05, 0.1) is 16.8 Å². The van der Waals surface area contributed by atoms with E-state index in [0.29, 0.717) is 16.3 Å². The van der Waals surface area contributed by atoms with Crippen molar-refractivity contribution in [2.45, 2.75) is 45.2 Å². The van der Waals surface area contributed by atoms with E-state index in [1.54, 1.807) is 6.20 Å². The molecule has 1 aromatic carbocycles. The smallest absolute Gasteiger partial charge is 0.292 e. The molecule has 142 valence electrons. The molecule has 2 amide bonds. The number of aryl methyl sites for hydroxylation is 2. The van der Waals surface area contributed by atoms with E-state index in [0.717, 1.165) is 15.8 Å². The van der Waals surface area contributed by atoms with Crippen LogP contribution < -0.4 is 15.8 Å². The fraction of sp³-hybridized carbons (Fsp3) is 0.368. The number of amides is 2.